The number of aryl methyl sites for hydroxylation is 1. The van der Waals surface area contributed by atoms with E-state index in [2.05, 4.69) is 0 Å². The highest BCUT2D eigenvalue weighted by Gasteiger charge is 2.20. The van der Waals surface area contributed by atoms with Crippen LogP contribution in [-0.4, -0.2) is 20.0 Å². The lowest BCUT2D eigenvalue weighted by molar-refractivity contribution is 0.103. The first-order valence-electron chi connectivity index (χ1n) is 6.20. The number of methoxy groups -OCH3 is 2. The van der Waals surface area contributed by atoms with Gasteiger partial charge in [-0.05, 0) is 36.8 Å². The molecule has 0 aliphatic carbocycles. The molecule has 0 bridgehead atoms. The predicted octanol–water partition coefficient (Wildman–Crippen LogP) is 3.52. The number of ether oxygens (including phenoxy) is 2. The van der Waals surface area contributed by atoms with Gasteiger partial charge in [-0.3, -0.25) is 4.79 Å². The van der Waals surface area contributed by atoms with Crippen molar-refractivity contribution in [2.45, 2.75) is 6.92 Å². The largest absolute Gasteiger partial charge is 0.497 e. The van der Waals surface area contributed by atoms with Crippen molar-refractivity contribution < 1.29 is 23.0 Å². The summed E-state index contributed by atoms with van der Waals surface area (Å²) in [6.07, 6.45) is 0. The SMILES string of the molecule is COc1ccc(OC)c(C(=O)c2cc(C)c(F)cc2F)c1. The summed E-state index contributed by atoms with van der Waals surface area (Å²) in [6.45, 7) is 1.47. The lowest BCUT2D eigenvalue weighted by atomic mass is 9.99. The van der Waals surface area contributed by atoms with Crippen LogP contribution in [-0.2, 0) is 0 Å². The van der Waals surface area contributed by atoms with E-state index in [1.807, 2.05) is 0 Å². The van der Waals surface area contributed by atoms with Crippen LogP contribution in [0.3, 0.4) is 0 Å². The van der Waals surface area contributed by atoms with Gasteiger partial charge >= 0.3 is 0 Å². The van der Waals surface area contributed by atoms with E-state index in [-0.39, 0.29) is 16.7 Å². The summed E-state index contributed by atoms with van der Waals surface area (Å²) >= 11 is 0. The molecular weight excluding hydrogens is 278 g/mol. The van der Waals surface area contributed by atoms with E-state index in [1.165, 1.54) is 33.3 Å². The second kappa shape index (κ2) is 5.91. The molecule has 2 aromatic rings. The van der Waals surface area contributed by atoms with Crippen LogP contribution in [0.2, 0.25) is 0 Å². The van der Waals surface area contributed by atoms with E-state index in [0.717, 1.165) is 0 Å². The van der Waals surface area contributed by atoms with E-state index in [9.17, 15) is 13.6 Å². The van der Waals surface area contributed by atoms with Gasteiger partial charge in [-0.25, -0.2) is 8.78 Å². The molecule has 0 aliphatic heterocycles. The molecule has 0 radical (unpaired) electrons. The van der Waals surface area contributed by atoms with Crippen LogP contribution in [0.15, 0.2) is 30.3 Å². The van der Waals surface area contributed by atoms with Gasteiger partial charge in [0.1, 0.15) is 23.1 Å². The Balaban J connectivity index is 2.56. The third-order valence-corrected chi connectivity index (χ3v) is 3.14. The van der Waals surface area contributed by atoms with Gasteiger partial charge in [-0.15, -0.1) is 0 Å². The van der Waals surface area contributed by atoms with Crippen molar-refractivity contribution in [1.82, 2.24) is 0 Å². The summed E-state index contributed by atoms with van der Waals surface area (Å²) in [4.78, 5) is 12.5. The van der Waals surface area contributed by atoms with E-state index in [1.54, 1.807) is 12.1 Å². The molecule has 0 fully saturated rings. The number of hydrogen-bond acceptors (Lipinski definition) is 3. The maximum atomic E-state index is 13.9. The number of ketones is 1. The minimum Gasteiger partial charge on any atom is -0.497 e. The maximum Gasteiger partial charge on any atom is 0.199 e. The third-order valence-electron chi connectivity index (χ3n) is 3.14. The summed E-state index contributed by atoms with van der Waals surface area (Å²) in [5, 5.41) is 0. The highest BCUT2D eigenvalue weighted by Crippen LogP contribution is 2.27. The fraction of sp³-hybridized carbons (Fsp3) is 0.188. The first-order valence-corrected chi connectivity index (χ1v) is 6.20. The second-order valence-corrected chi connectivity index (χ2v) is 4.48. The van der Waals surface area contributed by atoms with E-state index in [4.69, 9.17) is 9.47 Å². The lowest BCUT2D eigenvalue weighted by Crippen LogP contribution is -2.08. The zero-order chi connectivity index (χ0) is 15.6. The molecule has 0 saturated heterocycles. The maximum absolute atomic E-state index is 13.9. The number of benzene rings is 2. The molecule has 5 heteroatoms. The van der Waals surface area contributed by atoms with E-state index in [0.29, 0.717) is 17.6 Å². The minimum absolute atomic E-state index is 0.154. The van der Waals surface area contributed by atoms with Gasteiger partial charge in [-0.2, -0.15) is 0 Å². The van der Waals surface area contributed by atoms with Crippen molar-refractivity contribution in [1.29, 1.82) is 0 Å². The Morgan fingerprint density at radius 3 is 2.29 bits per heavy atom. The topological polar surface area (TPSA) is 35.5 Å². The Hall–Kier alpha value is -2.43. The summed E-state index contributed by atoms with van der Waals surface area (Å²) < 4.78 is 37.3. The van der Waals surface area contributed by atoms with Gasteiger partial charge in [0.25, 0.3) is 0 Å². The second-order valence-electron chi connectivity index (χ2n) is 4.48. The van der Waals surface area contributed by atoms with Gasteiger partial charge in [0, 0.05) is 6.07 Å². The van der Waals surface area contributed by atoms with Crippen molar-refractivity contribution in [3.8, 4) is 11.5 Å². The average molecular weight is 292 g/mol. The van der Waals surface area contributed by atoms with Gasteiger partial charge < -0.3 is 9.47 Å². The van der Waals surface area contributed by atoms with E-state index < -0.39 is 17.4 Å². The Morgan fingerprint density at radius 1 is 0.952 bits per heavy atom. The van der Waals surface area contributed by atoms with E-state index >= 15 is 0 Å². The fourth-order valence-electron chi connectivity index (χ4n) is 1.97. The van der Waals surface area contributed by atoms with Crippen LogP contribution in [0.5, 0.6) is 11.5 Å². The Kier molecular flexibility index (Phi) is 4.21. The zero-order valence-corrected chi connectivity index (χ0v) is 11.9. The van der Waals surface area contributed by atoms with Crippen LogP contribution in [0.25, 0.3) is 0 Å². The predicted molar refractivity (Wildman–Crippen MR) is 74.1 cm³/mol. The number of rotatable bonds is 4. The average Bonchev–Trinajstić information content (AvgIpc) is 2.49. The molecule has 0 atom stereocenters. The molecule has 110 valence electrons. The third kappa shape index (κ3) is 2.86. The van der Waals surface area contributed by atoms with Crippen molar-refractivity contribution in [2.24, 2.45) is 0 Å². The molecule has 0 spiro atoms. The number of carbonyl (C=O) groups excluding carboxylic acids is 1. The highest BCUT2D eigenvalue weighted by atomic mass is 19.1. The minimum atomic E-state index is -0.909. The molecule has 0 heterocycles. The quantitative estimate of drug-likeness (QED) is 0.809. The van der Waals surface area contributed by atoms with Crippen LogP contribution in [0, 0.1) is 18.6 Å². The molecule has 0 aromatic heterocycles. The van der Waals surface area contributed by atoms with Crippen molar-refractivity contribution in [2.75, 3.05) is 14.2 Å². The number of carbonyl (C=O) groups is 1. The Bertz CT molecular complexity index is 696. The van der Waals surface area contributed by atoms with Crippen LogP contribution in [0.1, 0.15) is 21.5 Å². The van der Waals surface area contributed by atoms with Crippen molar-refractivity contribution >= 4 is 5.78 Å². The number of halogens is 2. The smallest absolute Gasteiger partial charge is 0.199 e. The molecule has 0 saturated carbocycles. The summed E-state index contributed by atoms with van der Waals surface area (Å²) in [7, 11) is 2.86. The van der Waals surface area contributed by atoms with Gasteiger partial charge in [0.2, 0.25) is 0 Å². The molecule has 0 amide bonds. The standard InChI is InChI=1S/C16H14F2O3/c1-9-6-11(14(18)8-13(9)17)16(19)12-7-10(20-2)4-5-15(12)21-3/h4-8H,1-3H3. The molecule has 21 heavy (non-hydrogen) atoms. The zero-order valence-electron chi connectivity index (χ0n) is 11.9. The molecule has 2 rings (SSSR count). The normalized spacial score (nSPS) is 10.3. The molecule has 0 unspecified atom stereocenters. The van der Waals surface area contributed by atoms with Crippen LogP contribution < -0.4 is 9.47 Å². The lowest BCUT2D eigenvalue weighted by Gasteiger charge is -2.11. The summed E-state index contributed by atoms with van der Waals surface area (Å²) in [5.74, 6) is -1.46. The van der Waals surface area contributed by atoms with Crippen molar-refractivity contribution in [3.05, 3.63) is 58.7 Å². The Morgan fingerprint density at radius 2 is 1.67 bits per heavy atom. The highest BCUT2D eigenvalue weighted by molar-refractivity contribution is 6.11. The molecule has 3 nitrogen and oxygen atoms in total. The summed E-state index contributed by atoms with van der Waals surface area (Å²) in [6, 6.07) is 6.53. The molecule has 0 N–H and O–H groups in total. The monoisotopic (exact) mass is 292 g/mol. The Labute approximate surface area is 121 Å². The van der Waals surface area contributed by atoms with Gasteiger partial charge in [-0.1, -0.05) is 0 Å². The van der Waals surface area contributed by atoms with Gasteiger partial charge in [0.05, 0.1) is 25.3 Å². The van der Waals surface area contributed by atoms with Crippen LogP contribution >= 0.6 is 0 Å². The first-order chi connectivity index (χ1) is 9.97. The van der Waals surface area contributed by atoms with Crippen LogP contribution in [0.4, 0.5) is 8.78 Å². The molecule has 2 aromatic carbocycles. The van der Waals surface area contributed by atoms with Crippen molar-refractivity contribution in [3.63, 3.8) is 0 Å². The molecule has 0 aliphatic rings. The fourth-order valence-corrected chi connectivity index (χ4v) is 1.97. The number of hydrogen-bond donors (Lipinski definition) is 0. The summed E-state index contributed by atoms with van der Waals surface area (Å²) in [5.41, 5.74) is 0.142. The first kappa shape index (κ1) is 15.0. The van der Waals surface area contributed by atoms with Gasteiger partial charge in [0.15, 0.2) is 5.78 Å². The molecular formula is C16H14F2O3.